The van der Waals surface area contributed by atoms with Crippen LogP contribution < -0.4 is 0 Å². The summed E-state index contributed by atoms with van der Waals surface area (Å²) < 4.78 is 9.36. The summed E-state index contributed by atoms with van der Waals surface area (Å²) in [7, 11) is 0. The number of ether oxygens (including phenoxy) is 1. The average Bonchev–Trinajstić information content (AvgIpc) is 3.38. The Kier molecular flexibility index (Phi) is 6.07. The minimum absolute atomic E-state index is 0.114. The molecule has 7 nitrogen and oxygen atoms in total. The molecule has 0 radical (unpaired) electrons. The van der Waals surface area contributed by atoms with E-state index in [1.807, 2.05) is 54.8 Å². The minimum Gasteiger partial charge on any atom is -0.465 e. The molecule has 0 aliphatic carbocycles. The van der Waals surface area contributed by atoms with Crippen LogP contribution in [0.4, 0.5) is 0 Å². The molecular formula is C28H29N5O2. The third kappa shape index (κ3) is 4.30. The number of aromatic nitrogens is 5. The number of hydrogen-bond donors (Lipinski definition) is 0. The second-order valence-corrected chi connectivity index (χ2v) is 8.74. The van der Waals surface area contributed by atoms with Crippen LogP contribution in [-0.2, 0) is 29.0 Å². The summed E-state index contributed by atoms with van der Waals surface area (Å²) in [5.74, 6) is 1.49. The van der Waals surface area contributed by atoms with Crippen molar-refractivity contribution < 1.29 is 9.53 Å². The Morgan fingerprint density at radius 1 is 0.943 bits per heavy atom. The van der Waals surface area contributed by atoms with Crippen molar-refractivity contribution in [2.75, 3.05) is 6.61 Å². The van der Waals surface area contributed by atoms with Crippen LogP contribution in [0.5, 0.6) is 0 Å². The highest BCUT2D eigenvalue weighted by Gasteiger charge is 2.18. The fourth-order valence-electron chi connectivity index (χ4n) is 4.64. The number of rotatable bonds is 7. The van der Waals surface area contributed by atoms with E-state index in [0.717, 1.165) is 62.7 Å². The van der Waals surface area contributed by atoms with Crippen LogP contribution in [0, 0.1) is 13.8 Å². The predicted molar refractivity (Wildman–Crippen MR) is 137 cm³/mol. The molecule has 5 rings (SSSR count). The fourth-order valence-corrected chi connectivity index (χ4v) is 4.64. The summed E-state index contributed by atoms with van der Waals surface area (Å²) in [5, 5.41) is 0. The van der Waals surface area contributed by atoms with Crippen molar-refractivity contribution in [1.29, 1.82) is 0 Å². The highest BCUT2D eigenvalue weighted by atomic mass is 16.5. The predicted octanol–water partition coefficient (Wildman–Crippen LogP) is 5.24. The van der Waals surface area contributed by atoms with E-state index in [4.69, 9.17) is 19.7 Å². The number of pyridine rings is 1. The van der Waals surface area contributed by atoms with E-state index in [0.29, 0.717) is 13.2 Å². The lowest BCUT2D eigenvalue weighted by Gasteiger charge is -2.10. The smallest absolute Gasteiger partial charge is 0.326 e. The quantitative estimate of drug-likeness (QED) is 0.306. The van der Waals surface area contributed by atoms with Crippen molar-refractivity contribution >= 4 is 28.2 Å². The molecule has 2 aromatic carbocycles. The van der Waals surface area contributed by atoms with Crippen molar-refractivity contribution in [3.05, 3.63) is 77.2 Å². The van der Waals surface area contributed by atoms with E-state index in [9.17, 15) is 4.79 Å². The van der Waals surface area contributed by atoms with Gasteiger partial charge in [0.2, 0.25) is 0 Å². The Balaban J connectivity index is 1.60. The Labute approximate surface area is 204 Å². The first-order valence-electron chi connectivity index (χ1n) is 12.0. The van der Waals surface area contributed by atoms with E-state index in [1.54, 1.807) is 0 Å². The molecule has 0 saturated carbocycles. The van der Waals surface area contributed by atoms with E-state index in [1.165, 1.54) is 0 Å². The molecule has 0 bridgehead atoms. The van der Waals surface area contributed by atoms with Gasteiger partial charge in [-0.25, -0.2) is 15.0 Å². The lowest BCUT2D eigenvalue weighted by molar-refractivity contribution is -0.143. The van der Waals surface area contributed by atoms with Gasteiger partial charge < -0.3 is 13.9 Å². The van der Waals surface area contributed by atoms with Gasteiger partial charge in [-0.15, -0.1) is 0 Å². The lowest BCUT2D eigenvalue weighted by Crippen LogP contribution is -2.14. The van der Waals surface area contributed by atoms with E-state index < -0.39 is 0 Å². The van der Waals surface area contributed by atoms with Crippen LogP contribution in [-0.4, -0.2) is 36.7 Å². The fraction of sp³-hybridized carbons (Fsp3) is 0.286. The van der Waals surface area contributed by atoms with Crippen molar-refractivity contribution in [2.24, 2.45) is 0 Å². The Bertz CT molecular complexity index is 1530. The van der Waals surface area contributed by atoms with Gasteiger partial charge in [0, 0.05) is 17.7 Å². The number of carbonyl (C=O) groups is 1. The zero-order valence-corrected chi connectivity index (χ0v) is 20.6. The Morgan fingerprint density at radius 2 is 1.74 bits per heavy atom. The molecule has 7 heteroatoms. The van der Waals surface area contributed by atoms with Gasteiger partial charge in [-0.3, -0.25) is 4.79 Å². The maximum atomic E-state index is 12.4. The molecule has 0 unspecified atom stereocenters. The van der Waals surface area contributed by atoms with Gasteiger partial charge in [-0.1, -0.05) is 43.3 Å². The molecule has 0 atom stereocenters. The zero-order chi connectivity index (χ0) is 24.5. The molecular weight excluding hydrogens is 438 g/mol. The molecule has 3 aromatic heterocycles. The molecule has 0 spiro atoms. The number of nitrogens with zero attached hydrogens (tertiary/aromatic N) is 5. The Morgan fingerprint density at radius 3 is 2.49 bits per heavy atom. The van der Waals surface area contributed by atoms with Crippen LogP contribution in [0.2, 0.25) is 0 Å². The standard InChI is InChI=1S/C28H29N5O2/c1-5-24-31-26-18(3)14-19(4)29-28(26)33(24)16-20-12-13-23-22(15-20)30-27(21-10-8-7-9-11-21)32(23)17-25(34)35-6-2/h7-15H,5-6,16-17H2,1-4H3. The maximum Gasteiger partial charge on any atom is 0.326 e. The largest absolute Gasteiger partial charge is 0.465 e. The van der Waals surface area contributed by atoms with Crippen LogP contribution >= 0.6 is 0 Å². The SMILES string of the molecule is CCOC(=O)Cn1c(-c2ccccc2)nc2cc(Cn3c(CC)nc4c(C)cc(C)nc43)ccc21. The van der Waals surface area contributed by atoms with E-state index in [2.05, 4.69) is 36.6 Å². The zero-order valence-electron chi connectivity index (χ0n) is 20.6. The minimum atomic E-state index is -0.276. The van der Waals surface area contributed by atoms with Crippen LogP contribution in [0.3, 0.4) is 0 Å². The summed E-state index contributed by atoms with van der Waals surface area (Å²) in [6.45, 7) is 9.15. The average molecular weight is 468 g/mol. The van der Waals surface area contributed by atoms with Crippen LogP contribution in [0.25, 0.3) is 33.6 Å². The monoisotopic (exact) mass is 467 g/mol. The molecule has 0 N–H and O–H groups in total. The summed E-state index contributed by atoms with van der Waals surface area (Å²) >= 11 is 0. The van der Waals surface area contributed by atoms with Crippen molar-refractivity contribution in [1.82, 2.24) is 24.1 Å². The first-order chi connectivity index (χ1) is 17.0. The summed E-state index contributed by atoms with van der Waals surface area (Å²) in [6.07, 6.45) is 0.823. The highest BCUT2D eigenvalue weighted by Crippen LogP contribution is 2.27. The number of carbonyl (C=O) groups excluding carboxylic acids is 1. The molecule has 0 amide bonds. The van der Waals surface area contributed by atoms with Gasteiger partial charge in [-0.2, -0.15) is 0 Å². The van der Waals surface area contributed by atoms with Crippen molar-refractivity contribution in [3.8, 4) is 11.4 Å². The number of benzene rings is 2. The number of imidazole rings is 2. The molecule has 0 saturated heterocycles. The summed E-state index contributed by atoms with van der Waals surface area (Å²) in [6, 6.07) is 18.2. The number of esters is 1. The molecule has 178 valence electrons. The molecule has 0 fully saturated rings. The second kappa shape index (κ2) is 9.33. The highest BCUT2D eigenvalue weighted by molar-refractivity contribution is 5.84. The molecule has 3 heterocycles. The van der Waals surface area contributed by atoms with Gasteiger partial charge in [0.15, 0.2) is 5.65 Å². The van der Waals surface area contributed by atoms with Crippen molar-refractivity contribution in [3.63, 3.8) is 0 Å². The molecule has 0 aliphatic heterocycles. The summed E-state index contributed by atoms with van der Waals surface area (Å²) in [4.78, 5) is 27.0. The van der Waals surface area contributed by atoms with Gasteiger partial charge in [0.1, 0.15) is 23.7 Å². The molecule has 5 aromatic rings. The molecule has 0 aliphatic rings. The first-order valence-corrected chi connectivity index (χ1v) is 12.0. The number of fused-ring (bicyclic) bond motifs is 2. The third-order valence-electron chi connectivity index (χ3n) is 6.20. The topological polar surface area (TPSA) is 74.8 Å². The Hall–Kier alpha value is -4.00. The maximum absolute atomic E-state index is 12.4. The van der Waals surface area contributed by atoms with E-state index >= 15 is 0 Å². The number of aryl methyl sites for hydroxylation is 3. The summed E-state index contributed by atoms with van der Waals surface area (Å²) in [5.41, 5.74) is 7.80. The number of hydrogen-bond acceptors (Lipinski definition) is 5. The lowest BCUT2D eigenvalue weighted by atomic mass is 10.2. The third-order valence-corrected chi connectivity index (χ3v) is 6.20. The van der Waals surface area contributed by atoms with Gasteiger partial charge in [0.25, 0.3) is 0 Å². The molecule has 35 heavy (non-hydrogen) atoms. The van der Waals surface area contributed by atoms with Crippen LogP contribution in [0.1, 0.15) is 36.5 Å². The second-order valence-electron chi connectivity index (χ2n) is 8.74. The van der Waals surface area contributed by atoms with Gasteiger partial charge >= 0.3 is 5.97 Å². The van der Waals surface area contributed by atoms with Crippen molar-refractivity contribution in [2.45, 2.75) is 47.2 Å². The van der Waals surface area contributed by atoms with Crippen LogP contribution in [0.15, 0.2) is 54.6 Å². The van der Waals surface area contributed by atoms with Gasteiger partial charge in [0.05, 0.1) is 24.2 Å². The van der Waals surface area contributed by atoms with E-state index in [-0.39, 0.29) is 12.5 Å². The first kappa shape index (κ1) is 22.8. The normalized spacial score (nSPS) is 11.4. The van der Waals surface area contributed by atoms with Gasteiger partial charge in [-0.05, 0) is 50.1 Å².